The number of benzene rings is 1. The van der Waals surface area contributed by atoms with Crippen molar-refractivity contribution in [2.75, 3.05) is 7.05 Å². The Morgan fingerprint density at radius 2 is 1.85 bits per heavy atom. The molecule has 0 aromatic heterocycles. The molecule has 3 aliphatic carbocycles. The molecule has 0 spiro atoms. The standard InChI is InChI=1S/C32H48N2/c1-7-22(2)14-11-12-15-23(3)24(4)27-20-28(27)32(5)21-30(32)34-31(25-16-9-8-10-17-25)26-18-13-19-29(26)33-6/h8-10,13,16-19,22-23,26,28,30-31,33-34H,7,11-12,14-15,20-21H2,1-6H3/b27-24+. The molecule has 0 heterocycles. The van der Waals surface area contributed by atoms with E-state index in [2.05, 4.69) is 93.8 Å². The molecule has 3 aliphatic rings. The van der Waals surface area contributed by atoms with Crippen LogP contribution in [0.1, 0.15) is 91.2 Å². The van der Waals surface area contributed by atoms with E-state index in [0.29, 0.717) is 23.4 Å². The zero-order valence-corrected chi connectivity index (χ0v) is 22.5. The van der Waals surface area contributed by atoms with Gasteiger partial charge >= 0.3 is 0 Å². The second kappa shape index (κ2) is 10.9. The van der Waals surface area contributed by atoms with Crippen LogP contribution in [-0.2, 0) is 0 Å². The van der Waals surface area contributed by atoms with Crippen molar-refractivity contribution in [1.82, 2.24) is 10.6 Å². The second-order valence-electron chi connectivity index (χ2n) is 11.8. The molecular formula is C32H48N2. The topological polar surface area (TPSA) is 24.1 Å². The van der Waals surface area contributed by atoms with Gasteiger partial charge in [-0.05, 0) is 61.0 Å². The maximum Gasteiger partial charge on any atom is 0.0441 e. The van der Waals surface area contributed by atoms with E-state index in [1.807, 2.05) is 7.05 Å². The number of allylic oxidation sites excluding steroid dienone is 4. The fourth-order valence-corrected chi connectivity index (χ4v) is 6.24. The van der Waals surface area contributed by atoms with Gasteiger partial charge in [-0.1, -0.05) is 107 Å². The van der Waals surface area contributed by atoms with Crippen LogP contribution < -0.4 is 10.6 Å². The minimum atomic E-state index is 0.321. The van der Waals surface area contributed by atoms with E-state index < -0.39 is 0 Å². The largest absolute Gasteiger partial charge is 0.391 e. The van der Waals surface area contributed by atoms with E-state index in [1.165, 1.54) is 56.2 Å². The molecule has 7 atom stereocenters. The molecule has 2 saturated carbocycles. The van der Waals surface area contributed by atoms with E-state index in [9.17, 15) is 0 Å². The molecular weight excluding hydrogens is 412 g/mol. The summed E-state index contributed by atoms with van der Waals surface area (Å²) in [6, 6.07) is 12.0. The van der Waals surface area contributed by atoms with Gasteiger partial charge in [0.1, 0.15) is 0 Å². The van der Waals surface area contributed by atoms with Crippen LogP contribution >= 0.6 is 0 Å². The molecule has 0 saturated heterocycles. The average molecular weight is 461 g/mol. The van der Waals surface area contributed by atoms with E-state index >= 15 is 0 Å². The first-order chi connectivity index (χ1) is 16.4. The van der Waals surface area contributed by atoms with Crippen LogP contribution in [-0.4, -0.2) is 13.1 Å². The highest BCUT2D eigenvalue weighted by molar-refractivity contribution is 5.38. The third-order valence-corrected chi connectivity index (χ3v) is 9.43. The summed E-state index contributed by atoms with van der Waals surface area (Å²) in [5.41, 5.74) is 6.62. The number of rotatable bonds is 13. The molecule has 0 radical (unpaired) electrons. The molecule has 0 amide bonds. The summed E-state index contributed by atoms with van der Waals surface area (Å²) >= 11 is 0. The monoisotopic (exact) mass is 460 g/mol. The van der Waals surface area contributed by atoms with E-state index in [-0.39, 0.29) is 0 Å². The van der Waals surface area contributed by atoms with Crippen molar-refractivity contribution < 1.29 is 0 Å². The highest BCUT2D eigenvalue weighted by Gasteiger charge is 2.61. The normalized spacial score (nSPS) is 31.6. The Morgan fingerprint density at radius 3 is 2.56 bits per heavy atom. The molecule has 186 valence electrons. The Balaban J connectivity index is 1.36. The second-order valence-corrected chi connectivity index (χ2v) is 11.8. The third kappa shape index (κ3) is 5.54. The average Bonchev–Trinajstić information content (AvgIpc) is 3.74. The quantitative estimate of drug-likeness (QED) is 0.230. The van der Waals surface area contributed by atoms with Crippen LogP contribution in [0.3, 0.4) is 0 Å². The first-order valence-electron chi connectivity index (χ1n) is 14.0. The van der Waals surface area contributed by atoms with Crippen molar-refractivity contribution in [2.45, 2.75) is 91.6 Å². The molecule has 0 aliphatic heterocycles. The number of hydrogen-bond acceptors (Lipinski definition) is 2. The maximum absolute atomic E-state index is 4.12. The predicted molar refractivity (Wildman–Crippen MR) is 146 cm³/mol. The van der Waals surface area contributed by atoms with Crippen molar-refractivity contribution in [2.24, 2.45) is 29.1 Å². The van der Waals surface area contributed by atoms with Gasteiger partial charge in [-0.15, -0.1) is 0 Å². The Bertz CT molecular complexity index is 910. The van der Waals surface area contributed by atoms with Crippen LogP contribution in [0.2, 0.25) is 0 Å². The predicted octanol–water partition coefficient (Wildman–Crippen LogP) is 7.96. The molecule has 0 bridgehead atoms. The Morgan fingerprint density at radius 1 is 1.12 bits per heavy atom. The lowest BCUT2D eigenvalue weighted by atomic mass is 9.90. The molecule has 7 unspecified atom stereocenters. The minimum Gasteiger partial charge on any atom is -0.391 e. The van der Waals surface area contributed by atoms with Crippen LogP contribution in [0.5, 0.6) is 0 Å². The smallest absolute Gasteiger partial charge is 0.0441 e. The van der Waals surface area contributed by atoms with Gasteiger partial charge in [-0.2, -0.15) is 0 Å². The van der Waals surface area contributed by atoms with Crippen molar-refractivity contribution in [3.05, 3.63) is 71.0 Å². The fourth-order valence-electron chi connectivity index (χ4n) is 6.24. The van der Waals surface area contributed by atoms with Crippen molar-refractivity contribution in [1.29, 1.82) is 0 Å². The summed E-state index contributed by atoms with van der Waals surface area (Å²) < 4.78 is 0. The highest BCUT2D eigenvalue weighted by Crippen LogP contribution is 2.65. The van der Waals surface area contributed by atoms with Crippen LogP contribution in [0, 0.1) is 29.1 Å². The van der Waals surface area contributed by atoms with Gasteiger partial charge < -0.3 is 10.6 Å². The van der Waals surface area contributed by atoms with Crippen LogP contribution in [0.25, 0.3) is 0 Å². The van der Waals surface area contributed by atoms with Gasteiger partial charge in [0, 0.05) is 30.7 Å². The zero-order valence-electron chi connectivity index (χ0n) is 22.5. The zero-order chi connectivity index (χ0) is 24.3. The molecule has 2 nitrogen and oxygen atoms in total. The lowest BCUT2D eigenvalue weighted by Crippen LogP contribution is -2.34. The summed E-state index contributed by atoms with van der Waals surface area (Å²) in [5, 5.41) is 7.55. The Kier molecular flexibility index (Phi) is 8.08. The van der Waals surface area contributed by atoms with E-state index in [1.54, 1.807) is 11.1 Å². The fraction of sp³-hybridized carbons (Fsp3) is 0.625. The highest BCUT2D eigenvalue weighted by atomic mass is 15.1. The van der Waals surface area contributed by atoms with Gasteiger partial charge in [0.2, 0.25) is 0 Å². The molecule has 2 fully saturated rings. The third-order valence-electron chi connectivity index (χ3n) is 9.43. The molecule has 2 N–H and O–H groups in total. The maximum atomic E-state index is 4.12. The summed E-state index contributed by atoms with van der Waals surface area (Å²) in [4.78, 5) is 0. The summed E-state index contributed by atoms with van der Waals surface area (Å²) in [7, 11) is 2.05. The molecule has 1 aromatic carbocycles. The van der Waals surface area contributed by atoms with Crippen molar-refractivity contribution in [3.63, 3.8) is 0 Å². The number of unbranched alkanes of at least 4 members (excludes halogenated alkanes) is 1. The van der Waals surface area contributed by atoms with E-state index in [4.69, 9.17) is 0 Å². The van der Waals surface area contributed by atoms with Gasteiger partial charge in [0.05, 0.1) is 0 Å². The molecule has 34 heavy (non-hydrogen) atoms. The molecule has 4 rings (SSSR count). The van der Waals surface area contributed by atoms with E-state index in [0.717, 1.165) is 17.8 Å². The molecule has 1 aromatic rings. The van der Waals surface area contributed by atoms with Gasteiger partial charge in [0.15, 0.2) is 0 Å². The Labute approximate surface area is 209 Å². The lowest BCUT2D eigenvalue weighted by molar-refractivity contribution is 0.384. The first kappa shape index (κ1) is 25.3. The Hall–Kier alpha value is -1.80. The summed E-state index contributed by atoms with van der Waals surface area (Å²) in [5.74, 6) is 2.81. The van der Waals surface area contributed by atoms with Crippen LogP contribution in [0.4, 0.5) is 0 Å². The number of nitrogens with one attached hydrogen (secondary N) is 2. The minimum absolute atomic E-state index is 0.321. The van der Waals surface area contributed by atoms with Gasteiger partial charge in [-0.3, -0.25) is 0 Å². The lowest BCUT2D eigenvalue weighted by Gasteiger charge is -2.28. The summed E-state index contributed by atoms with van der Waals surface area (Å²) in [6.45, 7) is 12.2. The van der Waals surface area contributed by atoms with Gasteiger partial charge in [-0.25, -0.2) is 0 Å². The first-order valence-corrected chi connectivity index (χ1v) is 14.0. The SMILES string of the molecule is CCC(C)CCCCC(C)/C(C)=C1\CC1C1(C)CC1NC(c1ccccc1)C1C=CC=C1NC. The summed E-state index contributed by atoms with van der Waals surface area (Å²) in [6.07, 6.45) is 16.3. The van der Waals surface area contributed by atoms with Gasteiger partial charge in [0.25, 0.3) is 0 Å². The number of hydrogen-bond donors (Lipinski definition) is 2. The van der Waals surface area contributed by atoms with Crippen molar-refractivity contribution >= 4 is 0 Å². The molecule has 2 heteroatoms. The van der Waals surface area contributed by atoms with Crippen molar-refractivity contribution in [3.8, 4) is 0 Å². The van der Waals surface area contributed by atoms with Crippen LogP contribution in [0.15, 0.2) is 65.4 Å².